The maximum Gasteiger partial charge on any atom is 0.308 e. The predicted octanol–water partition coefficient (Wildman–Crippen LogP) is 6.27. The molecule has 0 bridgehead atoms. The average Bonchev–Trinajstić information content (AvgIpc) is 2.59. The van der Waals surface area contributed by atoms with E-state index in [1.54, 1.807) is 5.82 Å². The molecule has 0 rings (SSSR count). The molecule has 32 heavy (non-hydrogen) atoms. The molecule has 0 amide bonds. The average molecular weight is 529 g/mol. The van der Waals surface area contributed by atoms with Crippen molar-refractivity contribution in [1.29, 1.82) is 0 Å². The van der Waals surface area contributed by atoms with Gasteiger partial charge in [-0.25, -0.2) is 4.74 Å². The first-order valence-electron chi connectivity index (χ1n) is 10.4. The Morgan fingerprint density at radius 1 is 0.625 bits per heavy atom. The Morgan fingerprint density at radius 2 is 0.906 bits per heavy atom. The Kier molecular flexibility index (Phi) is 12.4. The SMILES string of the molecule is C=CP=NP(=NC(C)(C)C)(N=P(N(C)C)(N(C)C)N(C)C)N=P(N(C)C)(N(C)C)N(C)C. The largest absolute Gasteiger partial charge is 0.308 e. The van der Waals surface area contributed by atoms with Crippen molar-refractivity contribution in [1.82, 2.24) is 28.0 Å². The summed E-state index contributed by atoms with van der Waals surface area (Å²) in [6, 6.07) is 0. The molecule has 0 aliphatic carbocycles. The molecule has 0 fully saturated rings. The second-order valence-corrected chi connectivity index (χ2v) is 20.5. The van der Waals surface area contributed by atoms with Crippen molar-refractivity contribution in [2.75, 3.05) is 84.6 Å². The first-order chi connectivity index (χ1) is 14.3. The minimum atomic E-state index is -2.94. The summed E-state index contributed by atoms with van der Waals surface area (Å²) < 4.78 is 34.7. The first kappa shape index (κ1) is 32.3. The molecule has 0 N–H and O–H groups in total. The lowest BCUT2D eigenvalue weighted by atomic mass is 10.1. The van der Waals surface area contributed by atoms with Gasteiger partial charge in [0.15, 0.2) is 15.0 Å². The molecule has 0 radical (unpaired) electrons. The zero-order chi connectivity index (χ0) is 25.7. The normalized spacial score (nSPS) is 14.5. The lowest BCUT2D eigenvalue weighted by molar-refractivity contribution is 0.473. The Hall–Kier alpha value is 0.290. The fourth-order valence-corrected chi connectivity index (χ4v) is 17.8. The molecule has 190 valence electrons. The van der Waals surface area contributed by atoms with E-state index in [2.05, 4.69) is 140 Å². The summed E-state index contributed by atoms with van der Waals surface area (Å²) in [4.78, 5) is 0. The number of rotatable bonds is 10. The summed E-state index contributed by atoms with van der Waals surface area (Å²) >= 11 is 0. The summed E-state index contributed by atoms with van der Waals surface area (Å²) in [5, 5.41) is 0. The van der Waals surface area contributed by atoms with Crippen LogP contribution in [0.1, 0.15) is 20.8 Å². The number of nitrogens with zero attached hydrogens (tertiary/aromatic N) is 10. The van der Waals surface area contributed by atoms with Gasteiger partial charge in [-0.05, 0) is 111 Å². The van der Waals surface area contributed by atoms with Crippen LogP contribution in [0.2, 0.25) is 0 Å². The van der Waals surface area contributed by atoms with Gasteiger partial charge in [-0.1, -0.05) is 6.58 Å². The Morgan fingerprint density at radius 3 is 1.09 bits per heavy atom. The molecule has 0 atom stereocenters. The minimum Gasteiger partial charge on any atom is -0.252 e. The second-order valence-electron chi connectivity index (χ2n) is 9.53. The Balaban J connectivity index is 8.33. The molecular weight excluding hydrogens is 480 g/mol. The van der Waals surface area contributed by atoms with Crippen molar-refractivity contribution in [2.45, 2.75) is 26.3 Å². The summed E-state index contributed by atoms with van der Waals surface area (Å²) in [6.07, 6.45) is 0. The highest BCUT2D eigenvalue weighted by Gasteiger charge is 2.38. The van der Waals surface area contributed by atoms with Crippen LogP contribution in [0, 0.1) is 0 Å². The van der Waals surface area contributed by atoms with E-state index >= 15 is 0 Å². The molecule has 0 aromatic rings. The zero-order valence-corrected chi connectivity index (χ0v) is 26.6. The van der Waals surface area contributed by atoms with Crippen molar-refractivity contribution in [3.8, 4) is 0 Å². The van der Waals surface area contributed by atoms with Gasteiger partial charge >= 0.3 is 7.51 Å². The molecule has 10 nitrogen and oxygen atoms in total. The molecule has 0 saturated carbocycles. The maximum atomic E-state index is 5.59. The van der Waals surface area contributed by atoms with E-state index < -0.39 is 22.5 Å². The smallest absolute Gasteiger partial charge is 0.252 e. The van der Waals surface area contributed by atoms with Gasteiger partial charge in [0.1, 0.15) is 0 Å². The van der Waals surface area contributed by atoms with Gasteiger partial charge < -0.3 is 0 Å². The summed E-state index contributed by atoms with van der Waals surface area (Å²) in [7, 11) is 18.0. The predicted molar refractivity (Wildman–Crippen MR) is 149 cm³/mol. The lowest BCUT2D eigenvalue weighted by Crippen LogP contribution is -2.31. The van der Waals surface area contributed by atoms with Crippen LogP contribution in [-0.4, -0.2) is 118 Å². The van der Waals surface area contributed by atoms with Crippen LogP contribution in [0.3, 0.4) is 0 Å². The molecule has 0 aliphatic rings. The first-order valence-corrected chi connectivity index (χ1v) is 16.1. The van der Waals surface area contributed by atoms with E-state index in [0.717, 1.165) is 8.37 Å². The molecular formula is C18H48N10P4. The van der Waals surface area contributed by atoms with Crippen LogP contribution in [0.5, 0.6) is 0 Å². The fraction of sp³-hybridized carbons (Fsp3) is 0.889. The third kappa shape index (κ3) is 7.39. The van der Waals surface area contributed by atoms with Gasteiger partial charge in [0.05, 0.1) is 5.54 Å². The molecule has 0 spiro atoms. The summed E-state index contributed by atoms with van der Waals surface area (Å²) in [5.74, 6) is 1.78. The van der Waals surface area contributed by atoms with Crippen molar-refractivity contribution >= 4 is 30.9 Å². The molecule has 0 aromatic carbocycles. The van der Waals surface area contributed by atoms with Gasteiger partial charge in [-0.3, -0.25) is 28.0 Å². The van der Waals surface area contributed by atoms with Crippen molar-refractivity contribution < 1.29 is 0 Å². The van der Waals surface area contributed by atoms with E-state index in [1.165, 1.54) is 0 Å². The molecule has 0 unspecified atom stereocenters. The third-order valence-corrected chi connectivity index (χ3v) is 17.1. The Labute approximate surface area is 200 Å². The van der Waals surface area contributed by atoms with E-state index in [9.17, 15) is 0 Å². The van der Waals surface area contributed by atoms with Crippen LogP contribution < -0.4 is 0 Å². The zero-order valence-electron chi connectivity index (χ0n) is 23.0. The van der Waals surface area contributed by atoms with E-state index in [4.69, 9.17) is 18.3 Å². The Bertz CT molecular complexity index is 715. The van der Waals surface area contributed by atoms with E-state index in [-0.39, 0.29) is 5.54 Å². The second kappa shape index (κ2) is 12.3. The molecule has 0 heterocycles. The topological polar surface area (TPSA) is 68.9 Å². The minimum absolute atomic E-state index is 0.373. The number of hydrogen-bond donors (Lipinski definition) is 0. The highest BCUT2D eigenvalue weighted by atomic mass is 31.2. The summed E-state index contributed by atoms with van der Waals surface area (Å²) in [6.45, 7) is 10.2. The van der Waals surface area contributed by atoms with Crippen molar-refractivity contribution in [3.05, 3.63) is 12.4 Å². The number of hydrogen-bond acceptors (Lipinski definition) is 1. The summed E-state index contributed by atoms with van der Waals surface area (Å²) in [5.41, 5.74) is -0.373. The van der Waals surface area contributed by atoms with Crippen LogP contribution in [-0.2, 0) is 0 Å². The van der Waals surface area contributed by atoms with Crippen LogP contribution in [0.4, 0.5) is 0 Å². The van der Waals surface area contributed by atoms with Crippen molar-refractivity contribution in [3.63, 3.8) is 0 Å². The molecule has 0 aromatic heterocycles. The highest BCUT2D eigenvalue weighted by molar-refractivity contribution is 7.78. The van der Waals surface area contributed by atoms with Crippen molar-refractivity contribution in [2.24, 2.45) is 18.3 Å². The van der Waals surface area contributed by atoms with Gasteiger partial charge in [-0.2, -0.15) is 13.5 Å². The molecule has 0 saturated heterocycles. The van der Waals surface area contributed by atoms with Gasteiger partial charge in [0.2, 0.25) is 0 Å². The standard InChI is InChI=1S/C18H48N10P4/c1-17-29-20-30(19-18(2,3)4,21-31(23(5)6,24(7)8)25(9)10)22-32(26(11)12,27(13)14)28(15)16/h17H,1H2,2-16H3. The fourth-order valence-electron chi connectivity index (χ4n) is 3.57. The highest BCUT2D eigenvalue weighted by Crippen LogP contribution is 2.75. The van der Waals surface area contributed by atoms with Gasteiger partial charge in [0, 0.05) is 8.37 Å². The van der Waals surface area contributed by atoms with Crippen LogP contribution >= 0.6 is 30.9 Å². The molecule has 0 aliphatic heterocycles. The monoisotopic (exact) mass is 528 g/mol. The quantitative estimate of drug-likeness (QED) is 0.312. The third-order valence-electron chi connectivity index (χ3n) is 4.39. The molecule has 14 heteroatoms. The lowest BCUT2D eigenvalue weighted by Gasteiger charge is -2.44. The maximum absolute atomic E-state index is 5.59. The van der Waals surface area contributed by atoms with Crippen LogP contribution in [0.15, 0.2) is 30.7 Å². The van der Waals surface area contributed by atoms with Crippen LogP contribution in [0.25, 0.3) is 0 Å². The van der Waals surface area contributed by atoms with Gasteiger partial charge in [0.25, 0.3) is 0 Å². The van der Waals surface area contributed by atoms with E-state index in [0.29, 0.717) is 0 Å². The van der Waals surface area contributed by atoms with Gasteiger partial charge in [-0.15, -0.1) is 0 Å². The van der Waals surface area contributed by atoms with E-state index in [1.807, 2.05) is 0 Å².